The molecular formula is C19H22N4O4S. The van der Waals surface area contributed by atoms with Crippen molar-refractivity contribution in [2.45, 2.75) is 20.5 Å². The van der Waals surface area contributed by atoms with Crippen molar-refractivity contribution in [1.29, 1.82) is 0 Å². The maximum absolute atomic E-state index is 10.9. The summed E-state index contributed by atoms with van der Waals surface area (Å²) in [6.07, 6.45) is 1.64. The van der Waals surface area contributed by atoms with Gasteiger partial charge in [-0.05, 0) is 62.0 Å². The van der Waals surface area contributed by atoms with Crippen molar-refractivity contribution in [3.8, 4) is 11.5 Å². The number of nitrogens with zero attached hydrogens (tertiary/aromatic N) is 2. The van der Waals surface area contributed by atoms with E-state index in [2.05, 4.69) is 15.8 Å². The molecule has 0 aliphatic heterocycles. The van der Waals surface area contributed by atoms with E-state index in [0.29, 0.717) is 28.7 Å². The van der Waals surface area contributed by atoms with Gasteiger partial charge in [-0.2, -0.15) is 5.10 Å². The SMILES string of the molecule is CCNC(=S)N/N=C\c1ccc(OC)c(COc2ccc([N+](=O)[O-])c(C)c2)c1. The van der Waals surface area contributed by atoms with Crippen LogP contribution in [0.5, 0.6) is 11.5 Å². The van der Waals surface area contributed by atoms with Crippen molar-refractivity contribution in [1.82, 2.24) is 10.7 Å². The average molecular weight is 402 g/mol. The Morgan fingerprint density at radius 2 is 2.11 bits per heavy atom. The van der Waals surface area contributed by atoms with Crippen molar-refractivity contribution < 1.29 is 14.4 Å². The fourth-order valence-electron chi connectivity index (χ4n) is 2.44. The number of ether oxygens (including phenoxy) is 2. The van der Waals surface area contributed by atoms with E-state index in [9.17, 15) is 10.1 Å². The van der Waals surface area contributed by atoms with Gasteiger partial charge in [-0.1, -0.05) is 0 Å². The number of hydrogen-bond donors (Lipinski definition) is 2. The third-order valence-electron chi connectivity index (χ3n) is 3.78. The minimum Gasteiger partial charge on any atom is -0.496 e. The number of rotatable bonds is 8. The summed E-state index contributed by atoms with van der Waals surface area (Å²) < 4.78 is 11.2. The van der Waals surface area contributed by atoms with Crippen molar-refractivity contribution in [2.24, 2.45) is 5.10 Å². The Bertz CT molecular complexity index is 886. The minimum atomic E-state index is -0.416. The van der Waals surface area contributed by atoms with Gasteiger partial charge >= 0.3 is 0 Å². The maximum atomic E-state index is 10.9. The Morgan fingerprint density at radius 1 is 1.32 bits per heavy atom. The Labute approximate surface area is 168 Å². The van der Waals surface area contributed by atoms with Gasteiger partial charge < -0.3 is 14.8 Å². The number of hydrogen-bond acceptors (Lipinski definition) is 6. The van der Waals surface area contributed by atoms with E-state index in [-0.39, 0.29) is 12.3 Å². The highest BCUT2D eigenvalue weighted by atomic mass is 32.1. The normalized spacial score (nSPS) is 10.5. The van der Waals surface area contributed by atoms with Gasteiger partial charge in [0.05, 0.1) is 18.2 Å². The van der Waals surface area contributed by atoms with Crippen molar-refractivity contribution in [3.05, 3.63) is 63.2 Å². The van der Waals surface area contributed by atoms with Gasteiger partial charge in [0.1, 0.15) is 18.1 Å². The summed E-state index contributed by atoms with van der Waals surface area (Å²) >= 11 is 5.05. The number of benzene rings is 2. The van der Waals surface area contributed by atoms with Crippen molar-refractivity contribution >= 4 is 29.2 Å². The summed E-state index contributed by atoms with van der Waals surface area (Å²) in [6, 6.07) is 10.2. The highest BCUT2D eigenvalue weighted by Crippen LogP contribution is 2.25. The molecule has 9 heteroatoms. The summed E-state index contributed by atoms with van der Waals surface area (Å²) in [4.78, 5) is 10.5. The topological polar surface area (TPSA) is 98.0 Å². The maximum Gasteiger partial charge on any atom is 0.272 e. The molecular weight excluding hydrogens is 380 g/mol. The van der Waals surface area contributed by atoms with Crippen LogP contribution in [-0.2, 0) is 6.61 Å². The van der Waals surface area contributed by atoms with Gasteiger partial charge in [-0.25, -0.2) is 0 Å². The van der Waals surface area contributed by atoms with Crippen LogP contribution in [0.15, 0.2) is 41.5 Å². The molecule has 148 valence electrons. The molecule has 0 unspecified atom stereocenters. The van der Waals surface area contributed by atoms with Crippen molar-refractivity contribution in [3.63, 3.8) is 0 Å². The third kappa shape index (κ3) is 5.92. The molecule has 2 N–H and O–H groups in total. The molecule has 0 aromatic heterocycles. The molecule has 28 heavy (non-hydrogen) atoms. The quantitative estimate of drug-likeness (QED) is 0.302. The molecule has 0 saturated heterocycles. The van der Waals surface area contributed by atoms with Crippen LogP contribution in [0.4, 0.5) is 5.69 Å². The van der Waals surface area contributed by atoms with Gasteiger partial charge in [0.2, 0.25) is 0 Å². The van der Waals surface area contributed by atoms with Crippen LogP contribution in [0.25, 0.3) is 0 Å². The molecule has 0 aliphatic carbocycles. The van der Waals surface area contributed by atoms with E-state index >= 15 is 0 Å². The molecule has 2 rings (SSSR count). The summed E-state index contributed by atoms with van der Waals surface area (Å²) in [5.74, 6) is 1.22. The first-order chi connectivity index (χ1) is 13.4. The first kappa shape index (κ1) is 21.1. The van der Waals surface area contributed by atoms with Crippen LogP contribution in [0.1, 0.15) is 23.6 Å². The fraction of sp³-hybridized carbons (Fsp3) is 0.263. The van der Waals surface area contributed by atoms with Crippen LogP contribution in [0, 0.1) is 17.0 Å². The number of nitro groups is 1. The monoisotopic (exact) mass is 402 g/mol. The van der Waals surface area contributed by atoms with Crippen LogP contribution >= 0.6 is 12.2 Å². The predicted octanol–water partition coefficient (Wildman–Crippen LogP) is 3.31. The van der Waals surface area contributed by atoms with Crippen LogP contribution in [-0.4, -0.2) is 29.9 Å². The molecule has 0 bridgehead atoms. The van der Waals surface area contributed by atoms with Gasteiger partial charge in [-0.15, -0.1) is 0 Å². The van der Waals surface area contributed by atoms with E-state index < -0.39 is 4.92 Å². The fourth-order valence-corrected chi connectivity index (χ4v) is 2.64. The molecule has 2 aromatic carbocycles. The van der Waals surface area contributed by atoms with Gasteiger partial charge in [0.25, 0.3) is 5.69 Å². The first-order valence-corrected chi connectivity index (χ1v) is 8.97. The Balaban J connectivity index is 2.09. The van der Waals surface area contributed by atoms with Crippen LogP contribution in [0.2, 0.25) is 0 Å². The Hall–Kier alpha value is -3.20. The second-order valence-electron chi connectivity index (χ2n) is 5.79. The second-order valence-corrected chi connectivity index (χ2v) is 6.20. The lowest BCUT2D eigenvalue weighted by atomic mass is 10.1. The summed E-state index contributed by atoms with van der Waals surface area (Å²) in [7, 11) is 1.58. The van der Waals surface area contributed by atoms with E-state index in [1.54, 1.807) is 32.4 Å². The van der Waals surface area contributed by atoms with Crippen LogP contribution in [0.3, 0.4) is 0 Å². The Morgan fingerprint density at radius 3 is 2.75 bits per heavy atom. The van der Waals surface area contributed by atoms with Crippen molar-refractivity contribution in [2.75, 3.05) is 13.7 Å². The molecule has 2 aromatic rings. The molecule has 0 saturated carbocycles. The minimum absolute atomic E-state index is 0.0612. The first-order valence-electron chi connectivity index (χ1n) is 8.56. The molecule has 0 aliphatic rings. The van der Waals surface area contributed by atoms with Crippen LogP contribution < -0.4 is 20.2 Å². The lowest BCUT2D eigenvalue weighted by molar-refractivity contribution is -0.385. The van der Waals surface area contributed by atoms with Gasteiger partial charge in [0, 0.05) is 23.7 Å². The van der Waals surface area contributed by atoms with Gasteiger partial charge in [-0.3, -0.25) is 15.5 Å². The molecule has 0 atom stereocenters. The number of methoxy groups -OCH3 is 1. The molecule has 0 fully saturated rings. The van der Waals surface area contributed by atoms with E-state index in [1.807, 2.05) is 25.1 Å². The summed E-state index contributed by atoms with van der Waals surface area (Å²) in [6.45, 7) is 4.58. The van der Waals surface area contributed by atoms with Gasteiger partial charge in [0.15, 0.2) is 5.11 Å². The highest BCUT2D eigenvalue weighted by Gasteiger charge is 2.11. The Kier molecular flexibility index (Phi) is 7.70. The second kappa shape index (κ2) is 10.2. The number of thiocarbonyl (C=S) groups is 1. The lowest BCUT2D eigenvalue weighted by Crippen LogP contribution is -2.31. The standard InChI is InChI=1S/C19H22N4O4S/c1-4-20-19(28)22-21-11-14-5-8-18(26-3)15(10-14)12-27-16-6-7-17(23(24)25)13(2)9-16/h5-11H,4,12H2,1-3H3,(H2,20,22,28)/b21-11-. The smallest absolute Gasteiger partial charge is 0.272 e. The molecule has 0 spiro atoms. The zero-order chi connectivity index (χ0) is 20.5. The van der Waals surface area contributed by atoms with E-state index in [0.717, 1.165) is 11.1 Å². The van der Waals surface area contributed by atoms with E-state index in [4.69, 9.17) is 21.7 Å². The lowest BCUT2D eigenvalue weighted by Gasteiger charge is -2.12. The average Bonchev–Trinajstić information content (AvgIpc) is 2.66. The summed E-state index contributed by atoms with van der Waals surface area (Å²) in [5.41, 5.74) is 4.99. The number of nitro benzene ring substituents is 1. The largest absolute Gasteiger partial charge is 0.496 e. The van der Waals surface area contributed by atoms with E-state index in [1.165, 1.54) is 6.07 Å². The molecule has 0 amide bonds. The number of nitrogens with one attached hydrogen (secondary N) is 2. The third-order valence-corrected chi connectivity index (χ3v) is 4.02. The molecule has 8 nitrogen and oxygen atoms in total. The number of hydrazone groups is 1. The zero-order valence-corrected chi connectivity index (χ0v) is 16.7. The molecule has 0 radical (unpaired) electrons. The molecule has 0 heterocycles. The number of aryl methyl sites for hydroxylation is 1. The predicted molar refractivity (Wildman–Crippen MR) is 112 cm³/mol. The highest BCUT2D eigenvalue weighted by molar-refractivity contribution is 7.80. The summed E-state index contributed by atoms with van der Waals surface area (Å²) in [5, 5.41) is 18.4. The zero-order valence-electron chi connectivity index (χ0n) is 15.9.